The zero-order valence-corrected chi connectivity index (χ0v) is 6.26. The van der Waals surface area contributed by atoms with Crippen molar-refractivity contribution in [2.45, 2.75) is 26.7 Å². The predicted molar refractivity (Wildman–Crippen MR) is 40.0 cm³/mol. The summed E-state index contributed by atoms with van der Waals surface area (Å²) in [7, 11) is 0. The fraction of sp³-hybridized carbons (Fsp3) is 0.625. The summed E-state index contributed by atoms with van der Waals surface area (Å²) in [6, 6.07) is 0. The first-order chi connectivity index (χ1) is 4.41. The Bertz CT molecular complexity index is 67.0. The van der Waals surface area contributed by atoms with Gasteiger partial charge in [-0.25, -0.2) is 0 Å². The second-order valence-corrected chi connectivity index (χ2v) is 1.83. The molecule has 0 fully saturated rings. The molecule has 0 aliphatic rings. The highest BCUT2D eigenvalue weighted by atomic mass is 16.5. The van der Waals surface area contributed by atoms with E-state index < -0.39 is 0 Å². The smallest absolute Gasteiger partial charge is 0.0810 e. The maximum atomic E-state index is 4.97. The largest absolute Gasteiger partial charge is 0.372 e. The molecule has 1 radical (unpaired) electrons. The van der Waals surface area contributed by atoms with Crippen LogP contribution in [0.15, 0.2) is 12.2 Å². The Labute approximate surface area is 57.7 Å². The lowest BCUT2D eigenvalue weighted by molar-refractivity contribution is 0.239. The van der Waals surface area contributed by atoms with Gasteiger partial charge in [-0.2, -0.15) is 0 Å². The standard InChI is InChI=1S/C8H15O/c1-3-5-6-7-8-9-4-2/h4,6-7H,3,5,8H2,1-2H3/b7-6+. The molecule has 0 rings (SSSR count). The molecule has 0 amide bonds. The van der Waals surface area contributed by atoms with Crippen molar-refractivity contribution in [2.75, 3.05) is 6.61 Å². The molecule has 0 unspecified atom stereocenters. The Kier molecular flexibility index (Phi) is 7.44. The van der Waals surface area contributed by atoms with E-state index in [2.05, 4.69) is 13.0 Å². The van der Waals surface area contributed by atoms with Crippen molar-refractivity contribution in [2.24, 2.45) is 0 Å². The number of hydrogen-bond acceptors (Lipinski definition) is 1. The second kappa shape index (κ2) is 7.70. The van der Waals surface area contributed by atoms with Gasteiger partial charge < -0.3 is 4.74 Å². The molecule has 0 aliphatic heterocycles. The second-order valence-electron chi connectivity index (χ2n) is 1.83. The minimum atomic E-state index is 0.719. The first kappa shape index (κ1) is 8.70. The molecule has 0 aliphatic carbocycles. The molecule has 0 bridgehead atoms. The van der Waals surface area contributed by atoms with Crippen LogP contribution in [-0.2, 0) is 4.74 Å². The maximum absolute atomic E-state index is 4.97. The van der Waals surface area contributed by atoms with Crippen molar-refractivity contribution in [1.82, 2.24) is 0 Å². The van der Waals surface area contributed by atoms with E-state index in [0.29, 0.717) is 0 Å². The highest BCUT2D eigenvalue weighted by Gasteiger charge is 1.75. The summed E-state index contributed by atoms with van der Waals surface area (Å²) < 4.78 is 4.97. The quantitative estimate of drug-likeness (QED) is 0.407. The topological polar surface area (TPSA) is 9.23 Å². The van der Waals surface area contributed by atoms with Gasteiger partial charge in [-0.15, -0.1) is 0 Å². The summed E-state index contributed by atoms with van der Waals surface area (Å²) in [5.74, 6) is 0. The molecule has 9 heavy (non-hydrogen) atoms. The van der Waals surface area contributed by atoms with Gasteiger partial charge >= 0.3 is 0 Å². The summed E-state index contributed by atoms with van der Waals surface area (Å²) >= 11 is 0. The van der Waals surface area contributed by atoms with Crippen molar-refractivity contribution >= 4 is 0 Å². The molecule has 53 valence electrons. The van der Waals surface area contributed by atoms with E-state index >= 15 is 0 Å². The zero-order valence-electron chi connectivity index (χ0n) is 6.26. The molecule has 1 nitrogen and oxygen atoms in total. The van der Waals surface area contributed by atoms with E-state index in [1.807, 2.05) is 13.0 Å². The van der Waals surface area contributed by atoms with Gasteiger partial charge in [0, 0.05) is 0 Å². The van der Waals surface area contributed by atoms with Gasteiger partial charge in [0.2, 0.25) is 0 Å². The molecule has 0 atom stereocenters. The highest BCUT2D eigenvalue weighted by molar-refractivity contribution is 4.80. The Morgan fingerprint density at radius 1 is 1.33 bits per heavy atom. The van der Waals surface area contributed by atoms with Crippen molar-refractivity contribution in [3.63, 3.8) is 0 Å². The van der Waals surface area contributed by atoms with Gasteiger partial charge in [-0.05, 0) is 13.3 Å². The average molecular weight is 127 g/mol. The van der Waals surface area contributed by atoms with Crippen LogP contribution < -0.4 is 0 Å². The molecule has 0 aromatic heterocycles. The lowest BCUT2D eigenvalue weighted by Gasteiger charge is -1.90. The van der Waals surface area contributed by atoms with Gasteiger partial charge in [0.05, 0.1) is 13.2 Å². The normalized spacial score (nSPS) is 10.9. The molecule has 0 saturated carbocycles. The van der Waals surface area contributed by atoms with Crippen molar-refractivity contribution < 1.29 is 4.74 Å². The van der Waals surface area contributed by atoms with E-state index in [4.69, 9.17) is 4.74 Å². The van der Waals surface area contributed by atoms with Crippen LogP contribution >= 0.6 is 0 Å². The summed E-state index contributed by atoms with van der Waals surface area (Å²) in [5, 5.41) is 0. The van der Waals surface area contributed by atoms with Gasteiger partial charge in [-0.3, -0.25) is 0 Å². The van der Waals surface area contributed by atoms with Crippen molar-refractivity contribution in [3.8, 4) is 0 Å². The minimum absolute atomic E-state index is 0.719. The van der Waals surface area contributed by atoms with Gasteiger partial charge in [0.25, 0.3) is 0 Å². The van der Waals surface area contributed by atoms with Crippen LogP contribution in [0.3, 0.4) is 0 Å². The summed E-state index contributed by atoms with van der Waals surface area (Å²) in [4.78, 5) is 0. The Morgan fingerprint density at radius 3 is 2.67 bits per heavy atom. The molecule has 0 heterocycles. The number of allylic oxidation sites excluding steroid dienone is 1. The number of rotatable bonds is 5. The number of ether oxygens (including phenoxy) is 1. The SMILES string of the molecule is C[CH]OC/C=C/CCC. The van der Waals surface area contributed by atoms with Gasteiger partial charge in [0.1, 0.15) is 0 Å². The number of unbranched alkanes of at least 4 members (excludes halogenated alkanes) is 1. The van der Waals surface area contributed by atoms with E-state index in [-0.39, 0.29) is 0 Å². The van der Waals surface area contributed by atoms with Crippen molar-refractivity contribution in [3.05, 3.63) is 18.8 Å². The molecular formula is C8H15O. The predicted octanol–water partition coefficient (Wildman–Crippen LogP) is 2.54. The van der Waals surface area contributed by atoms with E-state index in [0.717, 1.165) is 13.0 Å². The lowest BCUT2D eigenvalue weighted by Crippen LogP contribution is -1.82. The maximum Gasteiger partial charge on any atom is 0.0810 e. The highest BCUT2D eigenvalue weighted by Crippen LogP contribution is 1.88. The Hall–Kier alpha value is -0.300. The van der Waals surface area contributed by atoms with Crippen LogP contribution in [0.5, 0.6) is 0 Å². The average Bonchev–Trinajstić information content (AvgIpc) is 1.89. The summed E-state index contributed by atoms with van der Waals surface area (Å²) in [6.07, 6.45) is 6.56. The summed E-state index contributed by atoms with van der Waals surface area (Å²) in [6.45, 7) is 6.47. The zero-order chi connectivity index (χ0) is 6.95. The molecule has 0 aromatic carbocycles. The first-order valence-electron chi connectivity index (χ1n) is 3.46. The fourth-order valence-electron chi connectivity index (χ4n) is 0.504. The van der Waals surface area contributed by atoms with E-state index in [1.54, 1.807) is 6.61 Å². The third-order valence-corrected chi connectivity index (χ3v) is 0.981. The fourth-order valence-corrected chi connectivity index (χ4v) is 0.504. The monoisotopic (exact) mass is 127 g/mol. The molecule has 0 saturated heterocycles. The van der Waals surface area contributed by atoms with Crippen LogP contribution in [-0.4, -0.2) is 6.61 Å². The van der Waals surface area contributed by atoms with E-state index in [1.165, 1.54) is 6.42 Å². The molecule has 1 heteroatoms. The third-order valence-electron chi connectivity index (χ3n) is 0.981. The van der Waals surface area contributed by atoms with Crippen LogP contribution in [0.4, 0.5) is 0 Å². The van der Waals surface area contributed by atoms with Crippen LogP contribution in [0.1, 0.15) is 26.7 Å². The van der Waals surface area contributed by atoms with Crippen molar-refractivity contribution in [1.29, 1.82) is 0 Å². The third kappa shape index (κ3) is 7.70. The molecule has 0 N–H and O–H groups in total. The molecular weight excluding hydrogens is 112 g/mol. The molecule has 0 spiro atoms. The first-order valence-corrected chi connectivity index (χ1v) is 3.46. The number of hydrogen-bond donors (Lipinski definition) is 0. The van der Waals surface area contributed by atoms with Crippen LogP contribution in [0.25, 0.3) is 0 Å². The minimum Gasteiger partial charge on any atom is -0.372 e. The van der Waals surface area contributed by atoms with Gasteiger partial charge in [-0.1, -0.05) is 25.5 Å². The molecule has 0 aromatic rings. The Morgan fingerprint density at radius 2 is 2.11 bits per heavy atom. The Balaban J connectivity index is 2.86. The summed E-state index contributed by atoms with van der Waals surface area (Å²) in [5.41, 5.74) is 0. The van der Waals surface area contributed by atoms with Crippen LogP contribution in [0.2, 0.25) is 0 Å². The van der Waals surface area contributed by atoms with Crippen LogP contribution in [0, 0.1) is 6.61 Å². The van der Waals surface area contributed by atoms with Gasteiger partial charge in [0.15, 0.2) is 0 Å². The van der Waals surface area contributed by atoms with E-state index in [9.17, 15) is 0 Å². The lowest BCUT2D eigenvalue weighted by atomic mass is 10.3.